The zero-order valence-corrected chi connectivity index (χ0v) is 12.3. The van der Waals surface area contributed by atoms with Crippen LogP contribution < -0.4 is 10.6 Å². The van der Waals surface area contributed by atoms with E-state index in [4.69, 9.17) is 5.73 Å². The lowest BCUT2D eigenvalue weighted by atomic mass is 10.1. The number of nitrogens with zero attached hydrogens (tertiary/aromatic N) is 2. The molecule has 1 aromatic heterocycles. The van der Waals surface area contributed by atoms with Gasteiger partial charge in [0.1, 0.15) is 5.82 Å². The van der Waals surface area contributed by atoms with E-state index in [2.05, 4.69) is 60.1 Å². The van der Waals surface area contributed by atoms with Gasteiger partial charge in [0.2, 0.25) is 0 Å². The van der Waals surface area contributed by atoms with Crippen LogP contribution in [-0.2, 0) is 13.0 Å². The molecule has 3 heteroatoms. The summed E-state index contributed by atoms with van der Waals surface area (Å²) >= 11 is 0. The minimum atomic E-state index is 0.406. The lowest BCUT2D eigenvalue weighted by Gasteiger charge is -2.28. The van der Waals surface area contributed by atoms with Crippen LogP contribution in [0.3, 0.4) is 0 Å². The lowest BCUT2D eigenvalue weighted by molar-refractivity contribution is 0.672. The molecule has 0 spiro atoms. The van der Waals surface area contributed by atoms with Crippen molar-refractivity contribution < 1.29 is 0 Å². The lowest BCUT2D eigenvalue weighted by Crippen LogP contribution is -2.30. The first-order valence-electron chi connectivity index (χ1n) is 7.16. The Morgan fingerprint density at radius 2 is 1.80 bits per heavy atom. The summed E-state index contributed by atoms with van der Waals surface area (Å²) in [7, 11) is 0. The molecule has 1 heterocycles. The van der Waals surface area contributed by atoms with Crippen molar-refractivity contribution in [1.82, 2.24) is 4.98 Å². The minimum absolute atomic E-state index is 0.406. The molecule has 0 radical (unpaired) electrons. The van der Waals surface area contributed by atoms with Gasteiger partial charge < -0.3 is 10.6 Å². The number of benzene rings is 1. The summed E-state index contributed by atoms with van der Waals surface area (Å²) in [5, 5.41) is 0. The van der Waals surface area contributed by atoms with Gasteiger partial charge in [0.05, 0.1) is 0 Å². The Balaban J connectivity index is 2.16. The first-order chi connectivity index (χ1) is 9.70. The van der Waals surface area contributed by atoms with Gasteiger partial charge in [-0.25, -0.2) is 4.98 Å². The first kappa shape index (κ1) is 14.5. The molecule has 0 aliphatic rings. The molecule has 2 aromatic rings. The fourth-order valence-corrected chi connectivity index (χ4v) is 2.21. The van der Waals surface area contributed by atoms with Gasteiger partial charge >= 0.3 is 0 Å². The topological polar surface area (TPSA) is 42.1 Å². The molecule has 0 fully saturated rings. The summed E-state index contributed by atoms with van der Waals surface area (Å²) < 4.78 is 0. The van der Waals surface area contributed by atoms with Gasteiger partial charge in [-0.1, -0.05) is 36.4 Å². The first-order valence-corrected chi connectivity index (χ1v) is 7.16. The maximum atomic E-state index is 5.57. The van der Waals surface area contributed by atoms with Gasteiger partial charge in [-0.15, -0.1) is 0 Å². The van der Waals surface area contributed by atoms with Crippen LogP contribution in [0.4, 0.5) is 5.82 Å². The number of anilines is 1. The van der Waals surface area contributed by atoms with Crippen molar-refractivity contribution in [3.63, 3.8) is 0 Å². The van der Waals surface area contributed by atoms with Crippen LogP contribution in [0.5, 0.6) is 0 Å². The third kappa shape index (κ3) is 3.81. The van der Waals surface area contributed by atoms with Crippen LogP contribution in [0.25, 0.3) is 0 Å². The maximum Gasteiger partial charge on any atom is 0.129 e. The third-order valence-corrected chi connectivity index (χ3v) is 3.36. The van der Waals surface area contributed by atoms with E-state index in [0.29, 0.717) is 12.6 Å². The molecule has 3 nitrogen and oxygen atoms in total. The standard InChI is InChI=1S/C17H23N3/c1-14(2)20(13-16-6-4-3-5-7-16)17-9-8-15(10-11-18)12-19-17/h3-9,12,14H,10-11,13,18H2,1-2H3. The van der Waals surface area contributed by atoms with E-state index in [1.807, 2.05) is 12.3 Å². The van der Waals surface area contributed by atoms with Crippen molar-refractivity contribution in [1.29, 1.82) is 0 Å². The summed E-state index contributed by atoms with van der Waals surface area (Å²) in [4.78, 5) is 6.89. The average molecular weight is 269 g/mol. The summed E-state index contributed by atoms with van der Waals surface area (Å²) in [5.74, 6) is 1.02. The fraction of sp³-hybridized carbons (Fsp3) is 0.353. The van der Waals surface area contributed by atoms with Crippen LogP contribution in [0.15, 0.2) is 48.7 Å². The maximum absolute atomic E-state index is 5.57. The predicted molar refractivity (Wildman–Crippen MR) is 84.8 cm³/mol. The Bertz CT molecular complexity index is 506. The Hall–Kier alpha value is -1.87. The third-order valence-electron chi connectivity index (χ3n) is 3.36. The van der Waals surface area contributed by atoms with Crippen molar-refractivity contribution in [3.8, 4) is 0 Å². The highest BCUT2D eigenvalue weighted by molar-refractivity contribution is 5.41. The molecular formula is C17H23N3. The van der Waals surface area contributed by atoms with E-state index in [-0.39, 0.29) is 0 Å². The second-order valence-electron chi connectivity index (χ2n) is 5.27. The van der Waals surface area contributed by atoms with E-state index in [0.717, 1.165) is 18.8 Å². The number of hydrogen-bond donors (Lipinski definition) is 1. The number of nitrogens with two attached hydrogens (primary N) is 1. The van der Waals surface area contributed by atoms with Crippen LogP contribution >= 0.6 is 0 Å². The molecule has 0 amide bonds. The van der Waals surface area contributed by atoms with Crippen molar-refractivity contribution in [3.05, 3.63) is 59.8 Å². The molecule has 0 atom stereocenters. The van der Waals surface area contributed by atoms with Crippen molar-refractivity contribution in [2.45, 2.75) is 32.9 Å². The molecule has 0 saturated heterocycles. The number of rotatable bonds is 6. The van der Waals surface area contributed by atoms with E-state index < -0.39 is 0 Å². The normalized spacial score (nSPS) is 10.8. The highest BCUT2D eigenvalue weighted by Gasteiger charge is 2.12. The van der Waals surface area contributed by atoms with Gasteiger partial charge in [-0.05, 0) is 44.0 Å². The second kappa shape index (κ2) is 7.06. The van der Waals surface area contributed by atoms with Crippen LogP contribution in [0.2, 0.25) is 0 Å². The summed E-state index contributed by atoms with van der Waals surface area (Å²) in [6.07, 6.45) is 2.82. The number of aromatic nitrogens is 1. The molecule has 20 heavy (non-hydrogen) atoms. The molecule has 0 unspecified atom stereocenters. The SMILES string of the molecule is CC(C)N(Cc1ccccc1)c1ccc(CCN)cn1. The van der Waals surface area contributed by atoms with E-state index in [1.54, 1.807) is 0 Å². The van der Waals surface area contributed by atoms with Crippen molar-refractivity contribution in [2.24, 2.45) is 5.73 Å². The van der Waals surface area contributed by atoms with E-state index in [1.165, 1.54) is 11.1 Å². The quantitative estimate of drug-likeness (QED) is 0.876. The minimum Gasteiger partial charge on any atom is -0.350 e. The van der Waals surface area contributed by atoms with Gasteiger partial charge in [-0.2, -0.15) is 0 Å². The Kier molecular flexibility index (Phi) is 5.13. The number of pyridine rings is 1. The Morgan fingerprint density at radius 1 is 1.05 bits per heavy atom. The molecule has 2 N–H and O–H groups in total. The molecule has 2 rings (SSSR count). The van der Waals surface area contributed by atoms with Gasteiger partial charge in [0.25, 0.3) is 0 Å². The van der Waals surface area contributed by atoms with E-state index in [9.17, 15) is 0 Å². The highest BCUT2D eigenvalue weighted by atomic mass is 15.2. The summed E-state index contributed by atoms with van der Waals surface area (Å²) in [6, 6.07) is 15.1. The highest BCUT2D eigenvalue weighted by Crippen LogP contribution is 2.18. The zero-order valence-electron chi connectivity index (χ0n) is 12.3. The average Bonchev–Trinajstić information content (AvgIpc) is 2.47. The van der Waals surface area contributed by atoms with Gasteiger partial charge in [0, 0.05) is 18.8 Å². The molecule has 0 aliphatic heterocycles. The van der Waals surface area contributed by atoms with Crippen molar-refractivity contribution in [2.75, 3.05) is 11.4 Å². The van der Waals surface area contributed by atoms with Gasteiger partial charge in [0.15, 0.2) is 0 Å². The summed E-state index contributed by atoms with van der Waals surface area (Å²) in [5.41, 5.74) is 8.06. The monoisotopic (exact) mass is 269 g/mol. The Morgan fingerprint density at radius 3 is 2.35 bits per heavy atom. The molecular weight excluding hydrogens is 246 g/mol. The molecule has 0 saturated carbocycles. The molecule has 0 bridgehead atoms. The fourth-order valence-electron chi connectivity index (χ4n) is 2.21. The second-order valence-corrected chi connectivity index (χ2v) is 5.27. The number of hydrogen-bond acceptors (Lipinski definition) is 3. The van der Waals surface area contributed by atoms with Gasteiger partial charge in [-0.3, -0.25) is 0 Å². The largest absolute Gasteiger partial charge is 0.350 e. The van der Waals surface area contributed by atoms with Crippen LogP contribution in [-0.4, -0.2) is 17.6 Å². The van der Waals surface area contributed by atoms with Crippen LogP contribution in [0, 0.1) is 0 Å². The van der Waals surface area contributed by atoms with Crippen LogP contribution in [0.1, 0.15) is 25.0 Å². The van der Waals surface area contributed by atoms with Crippen molar-refractivity contribution >= 4 is 5.82 Å². The molecule has 106 valence electrons. The zero-order chi connectivity index (χ0) is 14.4. The molecule has 0 aliphatic carbocycles. The summed E-state index contributed by atoms with van der Waals surface area (Å²) in [6.45, 7) is 5.93. The molecule has 1 aromatic carbocycles. The Labute approximate surface area is 121 Å². The predicted octanol–water partition coefficient (Wildman–Crippen LogP) is 3.00. The van der Waals surface area contributed by atoms with E-state index >= 15 is 0 Å². The smallest absolute Gasteiger partial charge is 0.129 e.